The second-order valence-corrected chi connectivity index (χ2v) is 11.8. The van der Waals surface area contributed by atoms with Crippen LogP contribution < -0.4 is 15.0 Å². The van der Waals surface area contributed by atoms with E-state index in [1.807, 2.05) is 44.2 Å². The number of allylic oxidation sites excluding steroid dienone is 1. The molecule has 1 atom stereocenters. The van der Waals surface area contributed by atoms with Crippen LogP contribution in [0.4, 0.5) is 24.5 Å². The number of carbonyl (C=O) groups is 1. The Morgan fingerprint density at radius 1 is 1.00 bits per heavy atom. The average molecular weight is 601 g/mol. The van der Waals surface area contributed by atoms with Crippen molar-refractivity contribution in [2.45, 2.75) is 39.3 Å². The van der Waals surface area contributed by atoms with Crippen LogP contribution >= 0.6 is 0 Å². The number of rotatable bonds is 6. The molecule has 0 fully saturated rings. The van der Waals surface area contributed by atoms with Gasteiger partial charge in [0.25, 0.3) is 0 Å². The normalized spacial score (nSPS) is 17.1. The Hall–Kier alpha value is -4.92. The highest BCUT2D eigenvalue weighted by molar-refractivity contribution is 6.01. The standard InChI is InChI=1S/C35H31F3N2O4/c1-35(2)18-28-34(44-20-35)33(25-14-13-24(17-27(25)38)43-19-21-7-4-3-5-8-21)40(29-9-6-10-30(41)32(29)39-28)31(42)15-22-11-12-23(36)16-26(22)37/h3-14,16-17,33,39,41H,15,18-20H2,1-2H3. The monoisotopic (exact) mass is 600 g/mol. The van der Waals surface area contributed by atoms with Gasteiger partial charge in [0, 0.05) is 23.1 Å². The minimum Gasteiger partial charge on any atom is -0.506 e. The van der Waals surface area contributed by atoms with Crippen molar-refractivity contribution in [2.24, 2.45) is 5.41 Å². The topological polar surface area (TPSA) is 71.0 Å². The molecular weight excluding hydrogens is 569 g/mol. The predicted octanol–water partition coefficient (Wildman–Crippen LogP) is 7.79. The number of ether oxygens (including phenoxy) is 2. The lowest BCUT2D eigenvalue weighted by atomic mass is 9.85. The van der Waals surface area contributed by atoms with Crippen molar-refractivity contribution in [3.8, 4) is 11.5 Å². The molecule has 0 bridgehead atoms. The Morgan fingerprint density at radius 2 is 1.80 bits per heavy atom. The molecule has 4 aromatic rings. The molecule has 9 heteroatoms. The fraction of sp³-hybridized carbons (Fsp3) is 0.229. The molecule has 0 saturated carbocycles. The van der Waals surface area contributed by atoms with Gasteiger partial charge in [-0.25, -0.2) is 13.2 Å². The van der Waals surface area contributed by atoms with Crippen LogP contribution in [-0.2, 0) is 22.6 Å². The number of aromatic hydroxyl groups is 1. The van der Waals surface area contributed by atoms with Crippen molar-refractivity contribution >= 4 is 17.3 Å². The number of phenolic OH excluding ortho intramolecular Hbond substituents is 1. The van der Waals surface area contributed by atoms with Gasteiger partial charge in [0.15, 0.2) is 0 Å². The van der Waals surface area contributed by atoms with Gasteiger partial charge in [0.05, 0.1) is 24.4 Å². The lowest BCUT2D eigenvalue weighted by molar-refractivity contribution is -0.118. The largest absolute Gasteiger partial charge is 0.506 e. The molecule has 0 saturated heterocycles. The summed E-state index contributed by atoms with van der Waals surface area (Å²) in [5.41, 5.74) is 1.78. The molecule has 0 aromatic heterocycles. The van der Waals surface area contributed by atoms with Gasteiger partial charge in [-0.15, -0.1) is 0 Å². The number of fused-ring (bicyclic) bond motifs is 1. The van der Waals surface area contributed by atoms with Gasteiger partial charge in [0.1, 0.15) is 53.0 Å². The molecule has 226 valence electrons. The Morgan fingerprint density at radius 3 is 2.55 bits per heavy atom. The lowest BCUT2D eigenvalue weighted by Gasteiger charge is -2.38. The Kier molecular flexibility index (Phi) is 7.71. The van der Waals surface area contributed by atoms with Crippen LogP contribution in [0.25, 0.3) is 0 Å². The Labute approximate surface area is 253 Å². The first-order valence-corrected chi connectivity index (χ1v) is 14.3. The first-order chi connectivity index (χ1) is 21.1. The van der Waals surface area contributed by atoms with E-state index in [-0.39, 0.29) is 40.3 Å². The van der Waals surface area contributed by atoms with E-state index in [0.29, 0.717) is 36.3 Å². The number of carbonyl (C=O) groups excluding carboxylic acids is 1. The van der Waals surface area contributed by atoms with Crippen molar-refractivity contribution in [1.82, 2.24) is 0 Å². The van der Waals surface area contributed by atoms with E-state index in [4.69, 9.17) is 9.47 Å². The van der Waals surface area contributed by atoms with E-state index in [0.717, 1.165) is 11.6 Å². The second-order valence-electron chi connectivity index (χ2n) is 11.8. The summed E-state index contributed by atoms with van der Waals surface area (Å²) in [6, 6.07) is 20.4. The van der Waals surface area contributed by atoms with Crippen LogP contribution in [0.3, 0.4) is 0 Å². The smallest absolute Gasteiger partial charge is 0.232 e. The molecule has 2 aliphatic heterocycles. The molecule has 2 aliphatic rings. The number of anilines is 2. The van der Waals surface area contributed by atoms with E-state index in [2.05, 4.69) is 5.32 Å². The molecule has 1 unspecified atom stereocenters. The van der Waals surface area contributed by atoms with Gasteiger partial charge in [-0.05, 0) is 47.9 Å². The van der Waals surface area contributed by atoms with Gasteiger partial charge < -0.3 is 19.9 Å². The summed E-state index contributed by atoms with van der Waals surface area (Å²) in [5, 5.41) is 14.2. The maximum atomic E-state index is 16.2. The maximum Gasteiger partial charge on any atom is 0.232 e. The van der Waals surface area contributed by atoms with Gasteiger partial charge in [-0.1, -0.05) is 56.3 Å². The second kappa shape index (κ2) is 11.6. The number of para-hydroxylation sites is 1. The highest BCUT2D eigenvalue weighted by Crippen LogP contribution is 2.50. The van der Waals surface area contributed by atoms with Crippen LogP contribution in [0.2, 0.25) is 0 Å². The number of nitrogens with one attached hydrogen (secondary N) is 1. The zero-order chi connectivity index (χ0) is 31.0. The van der Waals surface area contributed by atoms with Crippen molar-refractivity contribution in [1.29, 1.82) is 0 Å². The number of phenols is 1. The summed E-state index contributed by atoms with van der Waals surface area (Å²) >= 11 is 0. The Bertz CT molecular complexity index is 1760. The minimum atomic E-state index is -1.11. The van der Waals surface area contributed by atoms with Crippen LogP contribution in [0, 0.1) is 22.9 Å². The minimum absolute atomic E-state index is 0.0286. The first kappa shape index (κ1) is 29.2. The van der Waals surface area contributed by atoms with Crippen molar-refractivity contribution in [3.63, 3.8) is 0 Å². The molecule has 2 N–H and O–H groups in total. The lowest BCUT2D eigenvalue weighted by Crippen LogP contribution is -2.39. The third kappa shape index (κ3) is 5.82. The summed E-state index contributed by atoms with van der Waals surface area (Å²) < 4.78 is 56.7. The fourth-order valence-corrected chi connectivity index (χ4v) is 5.62. The Balaban J connectivity index is 1.46. The third-order valence-corrected chi connectivity index (χ3v) is 7.77. The summed E-state index contributed by atoms with van der Waals surface area (Å²) in [5.74, 6) is -2.42. The highest BCUT2D eigenvalue weighted by Gasteiger charge is 2.42. The number of halogens is 3. The third-order valence-electron chi connectivity index (χ3n) is 7.77. The molecular formula is C35H31F3N2O4. The predicted molar refractivity (Wildman–Crippen MR) is 161 cm³/mol. The first-order valence-electron chi connectivity index (χ1n) is 14.3. The SMILES string of the molecule is CC1(C)COC2=C(C1)Nc1c(O)cccc1N(C(=O)Cc1ccc(F)cc1F)C2c1ccc(OCc2ccccc2)cc1F. The van der Waals surface area contributed by atoms with Gasteiger partial charge in [-0.3, -0.25) is 9.69 Å². The molecule has 6 rings (SSSR count). The van der Waals surface area contributed by atoms with Crippen LogP contribution in [-0.4, -0.2) is 17.6 Å². The average Bonchev–Trinajstić information content (AvgIpc) is 3.12. The van der Waals surface area contributed by atoms with E-state index in [1.165, 1.54) is 23.1 Å². The highest BCUT2D eigenvalue weighted by atomic mass is 19.1. The quantitative estimate of drug-likeness (QED) is 0.221. The zero-order valence-corrected chi connectivity index (χ0v) is 24.2. The summed E-state index contributed by atoms with van der Waals surface area (Å²) in [6.45, 7) is 4.56. The van der Waals surface area contributed by atoms with Crippen molar-refractivity contribution in [2.75, 3.05) is 16.8 Å². The zero-order valence-electron chi connectivity index (χ0n) is 24.2. The molecule has 1 amide bonds. The number of nitrogens with zero attached hydrogens (tertiary/aromatic N) is 1. The van der Waals surface area contributed by atoms with Gasteiger partial charge in [0.2, 0.25) is 5.91 Å². The van der Waals surface area contributed by atoms with E-state index in [9.17, 15) is 18.7 Å². The molecule has 6 nitrogen and oxygen atoms in total. The van der Waals surface area contributed by atoms with Crippen LogP contribution in [0.15, 0.2) is 96.4 Å². The van der Waals surface area contributed by atoms with E-state index in [1.54, 1.807) is 24.3 Å². The molecule has 0 radical (unpaired) electrons. The van der Waals surface area contributed by atoms with Gasteiger partial charge in [-0.2, -0.15) is 0 Å². The molecule has 4 aromatic carbocycles. The maximum absolute atomic E-state index is 16.2. The van der Waals surface area contributed by atoms with Crippen molar-refractivity contribution in [3.05, 3.63) is 131 Å². The summed E-state index contributed by atoms with van der Waals surface area (Å²) in [6.07, 6.45) is 0.0345. The van der Waals surface area contributed by atoms with E-state index < -0.39 is 35.8 Å². The number of hydrogen-bond donors (Lipinski definition) is 2. The van der Waals surface area contributed by atoms with Crippen LogP contribution in [0.5, 0.6) is 11.5 Å². The fourth-order valence-electron chi connectivity index (χ4n) is 5.62. The molecule has 0 aliphatic carbocycles. The number of amides is 1. The van der Waals surface area contributed by atoms with Gasteiger partial charge >= 0.3 is 0 Å². The summed E-state index contributed by atoms with van der Waals surface area (Å²) in [7, 11) is 0. The molecule has 44 heavy (non-hydrogen) atoms. The number of hydrogen-bond acceptors (Lipinski definition) is 5. The van der Waals surface area contributed by atoms with E-state index >= 15 is 4.39 Å². The molecule has 2 heterocycles. The van der Waals surface area contributed by atoms with Crippen molar-refractivity contribution < 1.29 is 32.5 Å². The number of benzene rings is 4. The molecule has 0 spiro atoms. The summed E-state index contributed by atoms with van der Waals surface area (Å²) in [4.78, 5) is 15.5. The van der Waals surface area contributed by atoms with Crippen LogP contribution in [0.1, 0.15) is 43.0 Å².